The Balaban J connectivity index is 1.66. The summed E-state index contributed by atoms with van der Waals surface area (Å²) in [4.78, 5) is 24.2. The molecule has 1 aliphatic rings. The summed E-state index contributed by atoms with van der Waals surface area (Å²) in [6.07, 6.45) is -0.489. The molecule has 2 aromatic carbocycles. The molecule has 4 rings (SSSR count). The summed E-state index contributed by atoms with van der Waals surface area (Å²) in [6.45, 7) is 0. The minimum absolute atomic E-state index is 0.169. The van der Waals surface area contributed by atoms with Crippen molar-refractivity contribution in [2.24, 2.45) is 0 Å². The summed E-state index contributed by atoms with van der Waals surface area (Å²) < 4.78 is 10.7. The van der Waals surface area contributed by atoms with Gasteiger partial charge in [-0.2, -0.15) is 0 Å². The highest BCUT2D eigenvalue weighted by Gasteiger charge is 2.27. The summed E-state index contributed by atoms with van der Waals surface area (Å²) in [7, 11) is 1.34. The average Bonchev–Trinajstić information content (AvgIpc) is 3.17. The van der Waals surface area contributed by atoms with Gasteiger partial charge in [-0.15, -0.1) is 0 Å². The number of para-hydroxylation sites is 1. The van der Waals surface area contributed by atoms with E-state index in [1.54, 1.807) is 36.4 Å². The molecule has 0 fully saturated rings. The molecule has 0 saturated heterocycles. The maximum atomic E-state index is 12.3. The Bertz CT molecular complexity index is 993. The molecule has 0 radical (unpaired) electrons. The lowest BCUT2D eigenvalue weighted by molar-refractivity contribution is 0.0601. The van der Waals surface area contributed by atoms with Crippen LogP contribution in [0.1, 0.15) is 32.6 Å². The van der Waals surface area contributed by atoms with Crippen LogP contribution in [0, 0.1) is 0 Å². The molecule has 1 atom stereocenters. The van der Waals surface area contributed by atoms with Crippen molar-refractivity contribution in [1.29, 1.82) is 0 Å². The van der Waals surface area contributed by atoms with Crippen molar-refractivity contribution in [3.05, 3.63) is 77.6 Å². The molecule has 130 valence electrons. The zero-order valence-electron chi connectivity index (χ0n) is 14.0. The molecule has 2 heterocycles. The molecule has 3 aromatic rings. The molecule has 0 spiro atoms. The van der Waals surface area contributed by atoms with Crippen molar-refractivity contribution in [1.82, 2.24) is 5.32 Å². The molecule has 0 aliphatic carbocycles. The Labute approximate surface area is 149 Å². The number of ether oxygens (including phenoxy) is 1. The third-order valence-corrected chi connectivity index (χ3v) is 4.26. The summed E-state index contributed by atoms with van der Waals surface area (Å²) in [6, 6.07) is 17.9. The van der Waals surface area contributed by atoms with E-state index in [-0.39, 0.29) is 5.91 Å². The summed E-state index contributed by atoms with van der Waals surface area (Å²) in [5, 5.41) is 6.11. The maximum absolute atomic E-state index is 12.3. The Hall–Kier alpha value is -3.54. The number of furan rings is 1. The van der Waals surface area contributed by atoms with E-state index >= 15 is 0 Å². The summed E-state index contributed by atoms with van der Waals surface area (Å²) in [5.41, 5.74) is 2.38. The van der Waals surface area contributed by atoms with Crippen LogP contribution in [0.15, 0.2) is 65.1 Å². The van der Waals surface area contributed by atoms with Crippen LogP contribution >= 0.6 is 0 Å². The Kier molecular flexibility index (Phi) is 3.93. The van der Waals surface area contributed by atoms with E-state index in [0.29, 0.717) is 28.2 Å². The van der Waals surface area contributed by atoms with Crippen LogP contribution in [-0.2, 0) is 4.74 Å². The lowest BCUT2D eigenvalue weighted by Gasteiger charge is -2.26. The molecule has 0 saturated carbocycles. The number of rotatable bonds is 3. The van der Waals surface area contributed by atoms with Crippen molar-refractivity contribution >= 4 is 17.6 Å². The fraction of sp³-hybridized carbons (Fsp3) is 0.100. The fourth-order valence-electron chi connectivity index (χ4n) is 2.99. The minimum atomic E-state index is -0.489. The largest absolute Gasteiger partial charge is 0.465 e. The van der Waals surface area contributed by atoms with Crippen molar-refractivity contribution in [3.63, 3.8) is 0 Å². The Morgan fingerprint density at radius 1 is 0.962 bits per heavy atom. The highest BCUT2D eigenvalue weighted by Crippen LogP contribution is 2.31. The highest BCUT2D eigenvalue weighted by atomic mass is 16.5. The van der Waals surface area contributed by atoms with Crippen molar-refractivity contribution in [2.75, 3.05) is 12.4 Å². The first-order valence-electron chi connectivity index (χ1n) is 8.11. The number of fused-ring (bicyclic) bond motifs is 1. The van der Waals surface area contributed by atoms with Crippen LogP contribution in [-0.4, -0.2) is 19.0 Å². The van der Waals surface area contributed by atoms with Gasteiger partial charge in [-0.05, 0) is 30.3 Å². The van der Waals surface area contributed by atoms with Crippen LogP contribution in [0.25, 0.3) is 11.3 Å². The molecule has 1 aromatic heterocycles. The van der Waals surface area contributed by atoms with E-state index in [0.717, 1.165) is 5.69 Å². The standard InChI is InChI=1S/C20H16N2O4/c1-25-20(24)13-7-3-2-6-12(13)16-10-11-17(26-16)18-21-15-9-5-4-8-14(15)19(23)22-18/h2-11,18,21H,1H3,(H,22,23). The smallest absolute Gasteiger partial charge is 0.338 e. The van der Waals surface area contributed by atoms with Crippen LogP contribution < -0.4 is 10.6 Å². The molecular weight excluding hydrogens is 332 g/mol. The number of hydrogen-bond donors (Lipinski definition) is 2. The van der Waals surface area contributed by atoms with Gasteiger partial charge in [0.25, 0.3) is 5.91 Å². The van der Waals surface area contributed by atoms with E-state index in [1.165, 1.54) is 7.11 Å². The molecule has 0 bridgehead atoms. The van der Waals surface area contributed by atoms with E-state index in [4.69, 9.17) is 9.15 Å². The van der Waals surface area contributed by atoms with Gasteiger partial charge in [0.1, 0.15) is 11.5 Å². The second kappa shape index (κ2) is 6.40. The molecule has 1 unspecified atom stereocenters. The quantitative estimate of drug-likeness (QED) is 0.707. The van der Waals surface area contributed by atoms with Crippen LogP contribution in [0.3, 0.4) is 0 Å². The zero-order chi connectivity index (χ0) is 18.1. The lowest BCUT2D eigenvalue weighted by atomic mass is 10.1. The Morgan fingerprint density at radius 2 is 1.69 bits per heavy atom. The number of hydrogen-bond acceptors (Lipinski definition) is 5. The fourth-order valence-corrected chi connectivity index (χ4v) is 2.99. The second-order valence-electron chi connectivity index (χ2n) is 5.84. The molecule has 2 N–H and O–H groups in total. The van der Waals surface area contributed by atoms with Crippen molar-refractivity contribution in [2.45, 2.75) is 6.17 Å². The molecule has 26 heavy (non-hydrogen) atoms. The first-order valence-corrected chi connectivity index (χ1v) is 8.11. The monoisotopic (exact) mass is 348 g/mol. The topological polar surface area (TPSA) is 80.6 Å². The minimum Gasteiger partial charge on any atom is -0.465 e. The SMILES string of the molecule is COC(=O)c1ccccc1-c1ccc(C2NC(=O)c3ccccc3N2)o1. The van der Waals surface area contributed by atoms with E-state index in [9.17, 15) is 9.59 Å². The van der Waals surface area contributed by atoms with Gasteiger partial charge in [-0.1, -0.05) is 30.3 Å². The average molecular weight is 348 g/mol. The van der Waals surface area contributed by atoms with Crippen LogP contribution in [0.2, 0.25) is 0 Å². The number of carbonyl (C=O) groups excluding carboxylic acids is 2. The first kappa shape index (κ1) is 16.0. The third-order valence-electron chi connectivity index (χ3n) is 4.26. The highest BCUT2D eigenvalue weighted by molar-refractivity contribution is 6.01. The number of nitrogens with one attached hydrogen (secondary N) is 2. The second-order valence-corrected chi connectivity index (χ2v) is 5.84. The molecular formula is C20H16N2O4. The van der Waals surface area contributed by atoms with E-state index in [2.05, 4.69) is 10.6 Å². The summed E-state index contributed by atoms with van der Waals surface area (Å²) in [5.74, 6) is 0.465. The normalized spacial score (nSPS) is 15.6. The first-order chi connectivity index (χ1) is 12.7. The van der Waals surface area contributed by atoms with Gasteiger partial charge in [0, 0.05) is 11.3 Å². The molecule has 1 aliphatic heterocycles. The van der Waals surface area contributed by atoms with Crippen molar-refractivity contribution in [3.8, 4) is 11.3 Å². The van der Waals surface area contributed by atoms with Crippen LogP contribution in [0.5, 0.6) is 0 Å². The van der Waals surface area contributed by atoms with Gasteiger partial charge >= 0.3 is 5.97 Å². The van der Waals surface area contributed by atoms with Gasteiger partial charge < -0.3 is 19.8 Å². The maximum Gasteiger partial charge on any atom is 0.338 e. The number of methoxy groups -OCH3 is 1. The molecule has 1 amide bonds. The number of carbonyl (C=O) groups is 2. The Morgan fingerprint density at radius 3 is 2.50 bits per heavy atom. The van der Waals surface area contributed by atoms with E-state index in [1.807, 2.05) is 24.3 Å². The van der Waals surface area contributed by atoms with Crippen LogP contribution in [0.4, 0.5) is 5.69 Å². The van der Waals surface area contributed by atoms with E-state index < -0.39 is 12.1 Å². The van der Waals surface area contributed by atoms with Gasteiger partial charge in [0.2, 0.25) is 0 Å². The number of amides is 1. The number of anilines is 1. The van der Waals surface area contributed by atoms with Crippen molar-refractivity contribution < 1.29 is 18.7 Å². The number of benzene rings is 2. The predicted octanol–water partition coefficient (Wildman–Crippen LogP) is 3.59. The third kappa shape index (κ3) is 2.71. The lowest BCUT2D eigenvalue weighted by Crippen LogP contribution is -2.38. The zero-order valence-corrected chi connectivity index (χ0v) is 14.0. The van der Waals surface area contributed by atoms with Gasteiger partial charge in [-0.25, -0.2) is 4.79 Å². The molecule has 6 heteroatoms. The summed E-state index contributed by atoms with van der Waals surface area (Å²) >= 11 is 0. The molecule has 6 nitrogen and oxygen atoms in total. The predicted molar refractivity (Wildman–Crippen MR) is 95.8 cm³/mol. The van der Waals surface area contributed by atoms with Gasteiger partial charge in [-0.3, -0.25) is 4.79 Å². The van der Waals surface area contributed by atoms with Gasteiger partial charge in [0.05, 0.1) is 18.2 Å². The number of esters is 1. The van der Waals surface area contributed by atoms with Gasteiger partial charge in [0.15, 0.2) is 6.17 Å².